The van der Waals surface area contributed by atoms with Crippen molar-refractivity contribution in [2.45, 2.75) is 247 Å². The minimum atomic E-state index is -1.53. The van der Waals surface area contributed by atoms with E-state index in [-0.39, 0.29) is 121 Å². The Hall–Kier alpha value is -13.9. The molecule has 40 nitrogen and oxygen atoms in total. The molecular weight excluding hydrogens is 1740 g/mol. The summed E-state index contributed by atoms with van der Waals surface area (Å²) in [6, 6.07) is 22.1. The first-order valence-corrected chi connectivity index (χ1v) is 46.7. The van der Waals surface area contributed by atoms with Crippen LogP contribution in [0, 0.1) is 16.7 Å². The SMILES string of the molecule is CC(C)C[C@H](NC(=O)[C@H](Cc1ccccc1)NC(=O)[C@H](CCCNC(=N)N)NC(=O)[C@@H]1CCCN1C(=O)[C@H](C)NC(=O)[C@H](Cc1c[nH]c2ccccc12)NC(=O)[C@H](Cc1c[nH]c2ccccc12)NC(=O)[C@H](C)NC(=O)[C@H](CCCNC(=N)N)NC(=O)[C@H](Cc1ccccc1)NC(=O)[C@H](Cc1ccccc1)NC(=O)[C@H](CCCCN)NC(=O)[C@@H](N)CCCCN)C(=O)N[C@@H](CCCCN)C(N)=O. The van der Waals surface area contributed by atoms with Gasteiger partial charge in [-0.05, 0) is 176 Å². The number of H-pyrrole nitrogens is 2. The number of nitrogens with zero attached hydrogens (tertiary/aromatic N) is 1. The number of fused-ring (bicyclic) bond motifs is 2. The first-order valence-electron chi connectivity index (χ1n) is 46.7. The summed E-state index contributed by atoms with van der Waals surface area (Å²) >= 11 is 0. The zero-order chi connectivity index (χ0) is 98.8. The first-order chi connectivity index (χ1) is 65.2. The zero-order valence-corrected chi connectivity index (χ0v) is 77.9. The highest BCUT2D eigenvalue weighted by atomic mass is 16.2. The molecule has 0 aliphatic carbocycles. The highest BCUT2D eigenvalue weighted by molar-refractivity contribution is 6.01. The average molecular weight is 1880 g/mol. The number of hydrogen-bond acceptors (Lipinski definition) is 20. The van der Waals surface area contributed by atoms with Gasteiger partial charge in [0.15, 0.2) is 11.9 Å². The van der Waals surface area contributed by atoms with Crippen LogP contribution in [-0.4, -0.2) is 233 Å². The van der Waals surface area contributed by atoms with Crippen molar-refractivity contribution in [1.82, 2.24) is 89.3 Å². The van der Waals surface area contributed by atoms with E-state index in [4.69, 9.17) is 51.0 Å². The molecule has 5 aromatic carbocycles. The second-order valence-corrected chi connectivity index (χ2v) is 34.9. The second-order valence-electron chi connectivity index (χ2n) is 34.9. The summed E-state index contributed by atoms with van der Waals surface area (Å²) in [5.74, 6) is -11.9. The third-order valence-electron chi connectivity index (χ3n) is 23.6. The molecule has 736 valence electrons. The van der Waals surface area contributed by atoms with Crippen molar-refractivity contribution in [2.75, 3.05) is 39.3 Å². The number of para-hydroxylation sites is 2. The number of primary amides is 1. The van der Waals surface area contributed by atoms with Crippen LogP contribution in [0.1, 0.15) is 158 Å². The predicted molar refractivity (Wildman–Crippen MR) is 517 cm³/mol. The second kappa shape index (κ2) is 55.7. The Kier molecular flexibility index (Phi) is 44.0. The molecule has 1 fully saturated rings. The van der Waals surface area contributed by atoms with Crippen molar-refractivity contribution in [3.05, 3.63) is 180 Å². The molecule has 14 atom stereocenters. The predicted octanol–water partition coefficient (Wildman–Crippen LogP) is -0.217. The zero-order valence-electron chi connectivity index (χ0n) is 77.9. The van der Waals surface area contributed by atoms with E-state index in [0.29, 0.717) is 121 Å². The van der Waals surface area contributed by atoms with Crippen LogP contribution in [0.2, 0.25) is 0 Å². The molecule has 32 N–H and O–H groups in total. The minimum Gasteiger partial charge on any atom is -0.370 e. The van der Waals surface area contributed by atoms with E-state index < -0.39 is 167 Å². The number of rotatable bonds is 58. The van der Waals surface area contributed by atoms with Gasteiger partial charge in [-0.3, -0.25) is 77.9 Å². The topological polar surface area (TPSA) is 672 Å². The Morgan fingerprint density at radius 2 is 0.699 bits per heavy atom. The van der Waals surface area contributed by atoms with Crippen LogP contribution in [0.4, 0.5) is 0 Å². The van der Waals surface area contributed by atoms with Gasteiger partial charge in [-0.25, -0.2) is 0 Å². The van der Waals surface area contributed by atoms with Crippen LogP contribution in [0.5, 0.6) is 0 Å². The summed E-state index contributed by atoms with van der Waals surface area (Å²) in [5, 5.41) is 55.8. The van der Waals surface area contributed by atoms with Gasteiger partial charge in [-0.1, -0.05) is 148 Å². The Morgan fingerprint density at radius 3 is 1.12 bits per heavy atom. The lowest BCUT2D eigenvalue weighted by Crippen LogP contribution is -2.61. The molecule has 0 unspecified atom stereocenters. The Labute approximate surface area is 792 Å². The van der Waals surface area contributed by atoms with Crippen LogP contribution in [0.3, 0.4) is 0 Å². The van der Waals surface area contributed by atoms with E-state index in [1.54, 1.807) is 134 Å². The fraction of sp³-hybridized carbons (Fsp3) is 0.479. The van der Waals surface area contributed by atoms with E-state index in [1.807, 2.05) is 32.0 Å². The minimum absolute atomic E-state index is 0.0258. The largest absolute Gasteiger partial charge is 0.370 e. The number of hydrogen-bond donors (Lipinski definition) is 25. The monoisotopic (exact) mass is 1880 g/mol. The molecule has 1 saturated heterocycles. The molecule has 7 aromatic rings. The highest BCUT2D eigenvalue weighted by Crippen LogP contribution is 2.25. The van der Waals surface area contributed by atoms with E-state index in [2.05, 4.69) is 84.4 Å². The third-order valence-corrected chi connectivity index (χ3v) is 23.6. The van der Waals surface area contributed by atoms with Crippen LogP contribution in [-0.2, 0) is 99.2 Å². The van der Waals surface area contributed by atoms with E-state index >= 15 is 28.8 Å². The quantitative estimate of drug-likeness (QED) is 0.0133. The van der Waals surface area contributed by atoms with Crippen LogP contribution in [0.15, 0.2) is 152 Å². The van der Waals surface area contributed by atoms with Crippen molar-refractivity contribution in [3.8, 4) is 0 Å². The molecular formula is C96H138N26O14. The standard InChI is InChI=1S/C96H138N26O14/c1-57(2)49-74(88(130)112-70(81(101)123)38-19-22-44-98)117-90(132)76(51-61-29-10-6-11-30-61)119-86(128)73(41-25-47-107-96(104)105)115-93(135)80-42-26-48-122(80)94(136)59(4)111-87(129)78(53-63-55-108-68-36-16-14-33-65(63)68)121-92(134)79(54-64-56-109-69-37-17-15-34-66(64)69)116-82(124)58(3)110-84(126)72(40-24-46-106-95(102)103)114-89(131)75(50-60-27-8-5-9-28-60)120-91(133)77(52-62-31-12-7-13-32-62)118-85(127)71(39-20-23-45-99)113-83(125)67(100)35-18-21-43-97/h5-17,27-34,36-37,55-59,67,70-80,108-109H,18-26,35,38-54,97-100H2,1-4H3,(H2,101,123)(H,110,126)(H,111,129)(H,112,130)(H,113,125)(H,114,131)(H,115,135)(H,116,124)(H,117,132)(H,118,127)(H,119,128)(H,120,133)(H,121,134)(H4,102,103,106)(H4,104,105,107)/t58-,59-,67-,70-,71-,72-,73-,74-,75-,76-,77-,78-,79-,80-/m0/s1. The number of nitrogens with two attached hydrogens (primary N) is 7. The molecule has 14 amide bonds. The Bertz CT molecular complexity index is 5140. The Balaban J connectivity index is 1.03. The maximum absolute atomic E-state index is 15.5. The summed E-state index contributed by atoms with van der Waals surface area (Å²) in [5.41, 5.74) is 44.8. The molecule has 0 spiro atoms. The van der Waals surface area contributed by atoms with Gasteiger partial charge in [0.25, 0.3) is 0 Å². The lowest BCUT2D eigenvalue weighted by Gasteiger charge is -2.30. The Morgan fingerprint density at radius 1 is 0.368 bits per heavy atom. The highest BCUT2D eigenvalue weighted by Gasteiger charge is 2.42. The maximum Gasteiger partial charge on any atom is 0.245 e. The van der Waals surface area contributed by atoms with E-state index in [9.17, 15) is 38.4 Å². The number of likely N-dealkylation sites (tertiary alicyclic amines) is 1. The number of nitrogens with one attached hydrogen (secondary N) is 18. The summed E-state index contributed by atoms with van der Waals surface area (Å²) in [4.78, 5) is 213. The summed E-state index contributed by atoms with van der Waals surface area (Å²) in [7, 11) is 0. The van der Waals surface area contributed by atoms with Gasteiger partial charge in [0, 0.05) is 85.9 Å². The van der Waals surface area contributed by atoms with E-state index in [0.717, 1.165) is 0 Å². The summed E-state index contributed by atoms with van der Waals surface area (Å²) in [6.45, 7) is 7.65. The van der Waals surface area contributed by atoms with Crippen molar-refractivity contribution in [1.29, 1.82) is 10.8 Å². The smallest absolute Gasteiger partial charge is 0.245 e. The van der Waals surface area contributed by atoms with Crippen molar-refractivity contribution < 1.29 is 67.1 Å². The molecule has 136 heavy (non-hydrogen) atoms. The van der Waals surface area contributed by atoms with Crippen molar-refractivity contribution in [2.24, 2.45) is 46.1 Å². The molecule has 8 rings (SSSR count). The number of unbranched alkanes of at least 4 members (excludes halogenated alkanes) is 3. The summed E-state index contributed by atoms with van der Waals surface area (Å²) in [6.07, 6.45) is 7.06. The molecule has 1 aliphatic heterocycles. The fourth-order valence-electron chi connectivity index (χ4n) is 16.2. The lowest BCUT2D eigenvalue weighted by atomic mass is 10.00. The van der Waals surface area contributed by atoms with Gasteiger partial charge in [-0.15, -0.1) is 0 Å². The fourth-order valence-corrected chi connectivity index (χ4v) is 16.2. The van der Waals surface area contributed by atoms with Crippen molar-refractivity contribution in [3.63, 3.8) is 0 Å². The van der Waals surface area contributed by atoms with Gasteiger partial charge in [0.05, 0.1) is 6.04 Å². The molecule has 1 aliphatic rings. The third kappa shape index (κ3) is 34.9. The molecule has 0 saturated carbocycles. The lowest BCUT2D eigenvalue weighted by molar-refractivity contribution is -0.142. The van der Waals surface area contributed by atoms with Crippen molar-refractivity contribution >= 4 is 116 Å². The molecule has 3 heterocycles. The first kappa shape index (κ1) is 107. The number of aromatic nitrogens is 2. The number of benzene rings is 5. The van der Waals surface area contributed by atoms with Gasteiger partial charge in [-0.2, -0.15) is 0 Å². The van der Waals surface area contributed by atoms with Crippen LogP contribution < -0.4 is 115 Å². The van der Waals surface area contributed by atoms with Crippen LogP contribution >= 0.6 is 0 Å². The molecule has 40 heteroatoms. The number of aromatic amines is 2. The number of carbonyl (C=O) groups excluding carboxylic acids is 14. The molecule has 0 bridgehead atoms. The van der Waals surface area contributed by atoms with E-state index in [1.165, 1.54) is 18.7 Å². The number of amides is 14. The van der Waals surface area contributed by atoms with Gasteiger partial charge < -0.3 is 129 Å². The number of guanidine groups is 2. The maximum atomic E-state index is 15.5. The van der Waals surface area contributed by atoms with Gasteiger partial charge in [0.2, 0.25) is 82.7 Å². The van der Waals surface area contributed by atoms with Gasteiger partial charge in [0.1, 0.15) is 78.5 Å². The van der Waals surface area contributed by atoms with Crippen LogP contribution in [0.25, 0.3) is 21.8 Å². The average Bonchev–Trinajstić information content (AvgIpc) is 1.65. The van der Waals surface area contributed by atoms with Gasteiger partial charge >= 0.3 is 0 Å². The molecule has 0 radical (unpaired) electrons. The molecule has 2 aromatic heterocycles. The number of carbonyl (C=O) groups is 14. The summed E-state index contributed by atoms with van der Waals surface area (Å²) < 4.78 is 0. The normalized spacial score (nSPS) is 15.2.